The molecule has 0 fully saturated rings. The number of nitrogens with zero attached hydrogens (tertiary/aromatic N) is 2. The zero-order valence-corrected chi connectivity index (χ0v) is 47.2. The number of para-hydroxylation sites is 2. The zero-order chi connectivity index (χ0) is 54.5. The van der Waals surface area contributed by atoms with Crippen LogP contribution in [-0.2, 0) is 0 Å². The molecule has 82 heavy (non-hydrogen) atoms. The minimum absolute atomic E-state index is 1.13. The number of rotatable bonds is 12. The van der Waals surface area contributed by atoms with Gasteiger partial charge in [0, 0.05) is 32.9 Å². The van der Waals surface area contributed by atoms with Crippen LogP contribution < -0.4 is 41.5 Å². The van der Waals surface area contributed by atoms with E-state index in [2.05, 4.69) is 349 Å². The summed E-state index contributed by atoms with van der Waals surface area (Å²) in [4.78, 5) is 0. The Bertz CT molecular complexity index is 4670. The molecule has 0 bridgehead atoms. The fourth-order valence-corrected chi connectivity index (χ4v) is 23.4. The van der Waals surface area contributed by atoms with Gasteiger partial charge in [-0.05, 0) is 112 Å². The summed E-state index contributed by atoms with van der Waals surface area (Å²) < 4.78 is 4.99. The molecule has 2 heterocycles. The molecule has 0 saturated heterocycles. The second kappa shape index (κ2) is 20.5. The van der Waals surface area contributed by atoms with Crippen molar-refractivity contribution in [1.29, 1.82) is 0 Å². The van der Waals surface area contributed by atoms with Crippen molar-refractivity contribution in [3.63, 3.8) is 0 Å². The lowest BCUT2D eigenvalue weighted by Gasteiger charge is -2.35. The van der Waals surface area contributed by atoms with E-state index in [4.69, 9.17) is 0 Å². The van der Waals surface area contributed by atoms with Gasteiger partial charge in [0.15, 0.2) is 16.1 Å². The first-order valence-corrected chi connectivity index (χ1v) is 32.4. The molecule has 386 valence electrons. The maximum absolute atomic E-state index is 3.01. The van der Waals surface area contributed by atoms with Gasteiger partial charge in [-0.25, -0.2) is 0 Å². The average molecular weight is 1080 g/mol. The van der Waals surface area contributed by atoms with Gasteiger partial charge in [-0.15, -0.1) is 0 Å². The highest BCUT2D eigenvalue weighted by molar-refractivity contribution is 7.21. The van der Waals surface area contributed by atoms with Gasteiger partial charge in [-0.3, -0.25) is 0 Å². The third-order valence-corrected chi connectivity index (χ3v) is 26.8. The Labute approximate surface area is 480 Å². The summed E-state index contributed by atoms with van der Waals surface area (Å²) in [6, 6.07) is 127. The van der Waals surface area contributed by atoms with Gasteiger partial charge in [0.25, 0.3) is 0 Å². The molecule has 0 aliphatic carbocycles. The highest BCUT2D eigenvalue weighted by Gasteiger charge is 2.44. The third kappa shape index (κ3) is 7.90. The molecule has 13 aromatic carbocycles. The fourth-order valence-electron chi connectivity index (χ4n) is 13.7. The predicted octanol–water partition coefficient (Wildman–Crippen LogP) is 14.0. The van der Waals surface area contributed by atoms with Gasteiger partial charge in [-0.1, -0.05) is 291 Å². The monoisotopic (exact) mass is 1080 g/mol. The SMILES string of the molecule is c1ccc(-c2ccc([Si](c3ccccc3)(c3ccccc3)c3cccc4c3c3ccccc3n4-c3ccc4c(c3)c3ccccc3n4-c3ccc([Si](c4ccccc4)(c4ccccc4)c4cccc(-c5ccccc5)c4)cc3)cc2)cc1. The lowest BCUT2D eigenvalue weighted by molar-refractivity contribution is 1.17. The third-order valence-electron chi connectivity index (χ3n) is 17.2. The molecule has 0 N–H and O–H groups in total. The van der Waals surface area contributed by atoms with Crippen LogP contribution in [0.1, 0.15) is 0 Å². The summed E-state index contributed by atoms with van der Waals surface area (Å²) in [5.74, 6) is 0. The van der Waals surface area contributed by atoms with E-state index in [9.17, 15) is 0 Å². The standard InChI is InChI=1S/C78H56N2Si2/c1-7-25-57(26-8-1)59-45-50-68(51-46-59)82(65-34-15-5-16-35-65,66-36-17-6-18-37-66)77-44-24-43-76-78(77)71-40-20-22-42-74(71)80(76)62-49-54-75-72(56-62)70-39-19-21-41-73(70)79(75)61-47-52-67(53-48-61)81(63-30-11-3-12-31-63,64-32-13-4-14-33-64)69-38-23-29-60(55-69)58-27-9-2-10-28-58/h1-56H. The minimum atomic E-state index is -3.01. The molecule has 0 unspecified atom stereocenters. The highest BCUT2D eigenvalue weighted by Crippen LogP contribution is 2.37. The first kappa shape index (κ1) is 49.0. The molecular formula is C78H56N2Si2. The maximum Gasteiger partial charge on any atom is 0.180 e. The predicted molar refractivity (Wildman–Crippen MR) is 353 cm³/mol. The van der Waals surface area contributed by atoms with Gasteiger partial charge < -0.3 is 9.13 Å². The maximum atomic E-state index is 2.52. The van der Waals surface area contributed by atoms with E-state index < -0.39 is 16.1 Å². The van der Waals surface area contributed by atoms with Crippen molar-refractivity contribution in [2.75, 3.05) is 0 Å². The lowest BCUT2D eigenvalue weighted by Crippen LogP contribution is -2.74. The number of benzene rings is 13. The van der Waals surface area contributed by atoms with Crippen LogP contribution in [0.25, 0.3) is 77.2 Å². The summed E-state index contributed by atoms with van der Waals surface area (Å²) in [5, 5.41) is 15.8. The summed E-state index contributed by atoms with van der Waals surface area (Å²) in [6.07, 6.45) is 0. The van der Waals surface area contributed by atoms with Crippen molar-refractivity contribution < 1.29 is 0 Å². The second-order valence-electron chi connectivity index (χ2n) is 21.5. The Balaban J connectivity index is 0.911. The quantitative estimate of drug-likeness (QED) is 0.0852. The van der Waals surface area contributed by atoms with E-state index in [0.29, 0.717) is 0 Å². The van der Waals surface area contributed by atoms with Crippen LogP contribution in [0.2, 0.25) is 0 Å². The van der Waals surface area contributed by atoms with Gasteiger partial charge in [0.1, 0.15) is 0 Å². The Morgan fingerprint density at radius 2 is 0.561 bits per heavy atom. The van der Waals surface area contributed by atoms with E-state index >= 15 is 0 Å². The Hall–Kier alpha value is -10.1. The molecule has 15 rings (SSSR count). The van der Waals surface area contributed by atoms with Crippen molar-refractivity contribution in [3.05, 3.63) is 340 Å². The molecule has 0 atom stereocenters. The zero-order valence-electron chi connectivity index (χ0n) is 45.2. The Kier molecular flexibility index (Phi) is 12.3. The molecule has 0 amide bonds. The van der Waals surface area contributed by atoms with Crippen LogP contribution >= 0.6 is 0 Å². The molecule has 2 nitrogen and oxygen atoms in total. The smallest absolute Gasteiger partial charge is 0.180 e. The van der Waals surface area contributed by atoms with Crippen LogP contribution in [0.15, 0.2) is 340 Å². The summed E-state index contributed by atoms with van der Waals surface area (Å²) in [6.45, 7) is 0. The molecule has 0 saturated carbocycles. The molecule has 4 heteroatoms. The summed E-state index contributed by atoms with van der Waals surface area (Å²) in [7, 11) is -5.87. The first-order chi connectivity index (χ1) is 40.7. The first-order valence-electron chi connectivity index (χ1n) is 28.4. The van der Waals surface area contributed by atoms with Crippen molar-refractivity contribution >= 4 is 101 Å². The van der Waals surface area contributed by atoms with Gasteiger partial charge >= 0.3 is 0 Å². The van der Waals surface area contributed by atoms with Crippen LogP contribution in [0, 0.1) is 0 Å². The number of aromatic nitrogens is 2. The summed E-state index contributed by atoms with van der Waals surface area (Å²) >= 11 is 0. The van der Waals surface area contributed by atoms with Crippen LogP contribution in [0.5, 0.6) is 0 Å². The largest absolute Gasteiger partial charge is 0.309 e. The van der Waals surface area contributed by atoms with Crippen LogP contribution in [-0.4, -0.2) is 25.3 Å². The van der Waals surface area contributed by atoms with Crippen LogP contribution in [0.4, 0.5) is 0 Å². The number of hydrogen-bond donors (Lipinski definition) is 0. The van der Waals surface area contributed by atoms with E-state index in [-0.39, 0.29) is 0 Å². The molecule has 0 spiro atoms. The van der Waals surface area contributed by atoms with Crippen molar-refractivity contribution in [2.24, 2.45) is 0 Å². The summed E-state index contributed by atoms with van der Waals surface area (Å²) in [5.41, 5.74) is 11.9. The lowest BCUT2D eigenvalue weighted by atomic mass is 10.1. The van der Waals surface area contributed by atoms with E-state index in [1.165, 1.54) is 107 Å². The Morgan fingerprint density at radius 1 is 0.195 bits per heavy atom. The molecule has 0 radical (unpaired) electrons. The minimum Gasteiger partial charge on any atom is -0.309 e. The molecule has 0 aliphatic heterocycles. The fraction of sp³-hybridized carbons (Fsp3) is 0. The van der Waals surface area contributed by atoms with Crippen molar-refractivity contribution in [2.45, 2.75) is 0 Å². The Morgan fingerprint density at radius 3 is 1.15 bits per heavy atom. The average Bonchev–Trinajstić information content (AvgIpc) is 4.26. The van der Waals surface area contributed by atoms with Crippen LogP contribution in [0.3, 0.4) is 0 Å². The van der Waals surface area contributed by atoms with Gasteiger partial charge in [0.05, 0.1) is 22.1 Å². The highest BCUT2D eigenvalue weighted by atomic mass is 28.3. The molecular weight excluding hydrogens is 1020 g/mol. The van der Waals surface area contributed by atoms with E-state index in [0.717, 1.165) is 11.4 Å². The second-order valence-corrected chi connectivity index (χ2v) is 29.1. The van der Waals surface area contributed by atoms with Gasteiger partial charge in [-0.2, -0.15) is 0 Å². The normalized spacial score (nSPS) is 11.9. The van der Waals surface area contributed by atoms with Gasteiger partial charge in [0.2, 0.25) is 0 Å². The molecule has 15 aromatic rings. The topological polar surface area (TPSA) is 9.86 Å². The van der Waals surface area contributed by atoms with E-state index in [1.54, 1.807) is 0 Å². The molecule has 2 aromatic heterocycles. The van der Waals surface area contributed by atoms with Crippen molar-refractivity contribution in [1.82, 2.24) is 9.13 Å². The van der Waals surface area contributed by atoms with Crippen molar-refractivity contribution in [3.8, 4) is 33.6 Å². The number of hydrogen-bond acceptors (Lipinski definition) is 0. The number of fused-ring (bicyclic) bond motifs is 6. The van der Waals surface area contributed by atoms with E-state index in [1.807, 2.05) is 0 Å². The molecule has 0 aliphatic rings.